The normalized spacial score (nSPS) is 26.8. The van der Waals surface area contributed by atoms with Crippen LogP contribution >= 0.6 is 0 Å². The molecule has 2 unspecified atom stereocenters. The Kier molecular flexibility index (Phi) is 6.98. The van der Waals surface area contributed by atoms with Crippen molar-refractivity contribution in [1.29, 1.82) is 0 Å². The Morgan fingerprint density at radius 1 is 1.27 bits per heavy atom. The summed E-state index contributed by atoms with van der Waals surface area (Å²) in [6.45, 7) is 5.94. The van der Waals surface area contributed by atoms with Gasteiger partial charge >= 0.3 is 0 Å². The van der Waals surface area contributed by atoms with Crippen molar-refractivity contribution in [2.45, 2.75) is 32.6 Å². The molecule has 0 heterocycles. The molecule has 0 aliphatic heterocycles. The second-order valence-corrected chi connectivity index (χ2v) is 4.39. The van der Waals surface area contributed by atoms with Gasteiger partial charge in [0.25, 0.3) is 0 Å². The van der Waals surface area contributed by atoms with Gasteiger partial charge in [-0.2, -0.15) is 0 Å². The molecule has 2 atom stereocenters. The average Bonchev–Trinajstić information content (AvgIpc) is 2.29. The smallest absolute Gasteiger partial charge is 0.0590 e. The van der Waals surface area contributed by atoms with E-state index >= 15 is 0 Å². The van der Waals surface area contributed by atoms with Gasteiger partial charge in [0, 0.05) is 19.8 Å². The Morgan fingerprint density at radius 2 is 2.00 bits per heavy atom. The summed E-state index contributed by atoms with van der Waals surface area (Å²) in [5.41, 5.74) is 0. The van der Waals surface area contributed by atoms with E-state index in [-0.39, 0.29) is 0 Å². The third-order valence-electron chi connectivity index (χ3n) is 3.33. The van der Waals surface area contributed by atoms with E-state index in [1.165, 1.54) is 25.7 Å². The Hall–Kier alpha value is -0.120. The van der Waals surface area contributed by atoms with Crippen molar-refractivity contribution in [3.05, 3.63) is 0 Å². The molecule has 2 N–H and O–H groups in total. The topological polar surface area (TPSA) is 41.5 Å². The SMILES string of the molecule is CCOCCNCC1CCCCC1CO. The minimum absolute atomic E-state index is 0.359. The minimum Gasteiger partial charge on any atom is -0.396 e. The van der Waals surface area contributed by atoms with Crippen LogP contribution in [-0.2, 0) is 4.74 Å². The molecular weight excluding hydrogens is 190 g/mol. The van der Waals surface area contributed by atoms with Crippen LogP contribution in [0.25, 0.3) is 0 Å². The van der Waals surface area contributed by atoms with Gasteiger partial charge in [0.1, 0.15) is 0 Å². The van der Waals surface area contributed by atoms with E-state index in [1.807, 2.05) is 6.92 Å². The van der Waals surface area contributed by atoms with Gasteiger partial charge in [-0.25, -0.2) is 0 Å². The standard InChI is InChI=1S/C12H25NO2/c1-2-15-8-7-13-9-11-5-3-4-6-12(11)10-14/h11-14H,2-10H2,1H3. The van der Waals surface area contributed by atoms with E-state index in [0.717, 1.165) is 26.3 Å². The summed E-state index contributed by atoms with van der Waals surface area (Å²) in [5.74, 6) is 1.20. The van der Waals surface area contributed by atoms with Gasteiger partial charge in [-0.05, 0) is 38.1 Å². The van der Waals surface area contributed by atoms with Crippen molar-refractivity contribution < 1.29 is 9.84 Å². The number of hydrogen-bond acceptors (Lipinski definition) is 3. The molecule has 0 saturated heterocycles. The summed E-state index contributed by atoms with van der Waals surface area (Å²) >= 11 is 0. The fourth-order valence-corrected chi connectivity index (χ4v) is 2.37. The van der Waals surface area contributed by atoms with Crippen LogP contribution in [0.3, 0.4) is 0 Å². The second-order valence-electron chi connectivity index (χ2n) is 4.39. The summed E-state index contributed by atoms with van der Waals surface area (Å²) < 4.78 is 5.26. The second kappa shape index (κ2) is 8.08. The maximum absolute atomic E-state index is 9.25. The molecule has 1 saturated carbocycles. The molecular formula is C12H25NO2. The lowest BCUT2D eigenvalue weighted by Gasteiger charge is -2.30. The fourth-order valence-electron chi connectivity index (χ4n) is 2.37. The van der Waals surface area contributed by atoms with Gasteiger partial charge in [0.2, 0.25) is 0 Å². The predicted molar refractivity (Wildman–Crippen MR) is 61.9 cm³/mol. The third kappa shape index (κ3) is 4.96. The largest absolute Gasteiger partial charge is 0.396 e. The summed E-state index contributed by atoms with van der Waals surface area (Å²) in [7, 11) is 0. The zero-order valence-electron chi connectivity index (χ0n) is 9.87. The summed E-state index contributed by atoms with van der Waals surface area (Å²) in [6.07, 6.45) is 5.09. The van der Waals surface area contributed by atoms with Gasteiger partial charge < -0.3 is 15.2 Å². The van der Waals surface area contributed by atoms with Crippen LogP contribution in [-0.4, -0.2) is 38.0 Å². The molecule has 3 heteroatoms. The average molecular weight is 215 g/mol. The lowest BCUT2D eigenvalue weighted by Crippen LogP contribution is -2.33. The molecule has 0 amide bonds. The molecule has 1 aliphatic carbocycles. The first-order valence-corrected chi connectivity index (χ1v) is 6.27. The van der Waals surface area contributed by atoms with Gasteiger partial charge in [0.05, 0.1) is 6.61 Å². The lowest BCUT2D eigenvalue weighted by atomic mass is 9.80. The number of rotatable bonds is 7. The van der Waals surface area contributed by atoms with E-state index in [2.05, 4.69) is 5.32 Å². The van der Waals surface area contributed by atoms with Crippen molar-refractivity contribution >= 4 is 0 Å². The van der Waals surface area contributed by atoms with E-state index in [9.17, 15) is 5.11 Å². The van der Waals surface area contributed by atoms with Crippen LogP contribution in [0.4, 0.5) is 0 Å². The van der Waals surface area contributed by atoms with Crippen LogP contribution in [0.5, 0.6) is 0 Å². The Bertz CT molecular complexity index is 153. The van der Waals surface area contributed by atoms with Crippen molar-refractivity contribution in [1.82, 2.24) is 5.32 Å². The summed E-state index contributed by atoms with van der Waals surface area (Å²) in [4.78, 5) is 0. The van der Waals surface area contributed by atoms with Crippen molar-refractivity contribution in [2.24, 2.45) is 11.8 Å². The minimum atomic E-state index is 0.359. The highest BCUT2D eigenvalue weighted by atomic mass is 16.5. The number of aliphatic hydroxyl groups is 1. The van der Waals surface area contributed by atoms with Crippen LogP contribution in [0.1, 0.15) is 32.6 Å². The quantitative estimate of drug-likeness (QED) is 0.631. The Morgan fingerprint density at radius 3 is 2.67 bits per heavy atom. The highest BCUT2D eigenvalue weighted by Crippen LogP contribution is 2.28. The van der Waals surface area contributed by atoms with Gasteiger partial charge in [-0.3, -0.25) is 0 Å². The highest BCUT2D eigenvalue weighted by Gasteiger charge is 2.23. The number of aliphatic hydroxyl groups excluding tert-OH is 1. The molecule has 1 aliphatic rings. The maximum atomic E-state index is 9.25. The summed E-state index contributed by atoms with van der Waals surface area (Å²) in [6, 6.07) is 0. The van der Waals surface area contributed by atoms with Gasteiger partial charge in [-0.15, -0.1) is 0 Å². The van der Waals surface area contributed by atoms with Crippen LogP contribution in [0, 0.1) is 11.8 Å². The van der Waals surface area contributed by atoms with E-state index in [4.69, 9.17) is 4.74 Å². The molecule has 0 aromatic heterocycles. The van der Waals surface area contributed by atoms with E-state index < -0.39 is 0 Å². The molecule has 3 nitrogen and oxygen atoms in total. The molecule has 0 aromatic rings. The van der Waals surface area contributed by atoms with Gasteiger partial charge in [-0.1, -0.05) is 12.8 Å². The zero-order valence-corrected chi connectivity index (χ0v) is 9.87. The lowest BCUT2D eigenvalue weighted by molar-refractivity contribution is 0.124. The van der Waals surface area contributed by atoms with Crippen LogP contribution in [0.15, 0.2) is 0 Å². The number of ether oxygens (including phenoxy) is 1. The molecule has 15 heavy (non-hydrogen) atoms. The molecule has 0 bridgehead atoms. The number of nitrogens with one attached hydrogen (secondary N) is 1. The van der Waals surface area contributed by atoms with Crippen molar-refractivity contribution in [2.75, 3.05) is 32.9 Å². The monoisotopic (exact) mass is 215 g/mol. The Balaban J connectivity index is 2.07. The first kappa shape index (κ1) is 12.9. The molecule has 1 fully saturated rings. The zero-order chi connectivity index (χ0) is 10.9. The Labute approximate surface area is 93.2 Å². The maximum Gasteiger partial charge on any atom is 0.0590 e. The van der Waals surface area contributed by atoms with Crippen molar-refractivity contribution in [3.63, 3.8) is 0 Å². The van der Waals surface area contributed by atoms with Gasteiger partial charge in [0.15, 0.2) is 0 Å². The highest BCUT2D eigenvalue weighted by molar-refractivity contribution is 4.76. The fraction of sp³-hybridized carbons (Fsp3) is 1.00. The van der Waals surface area contributed by atoms with E-state index in [0.29, 0.717) is 18.4 Å². The van der Waals surface area contributed by atoms with Crippen molar-refractivity contribution in [3.8, 4) is 0 Å². The summed E-state index contributed by atoms with van der Waals surface area (Å²) in [5, 5.41) is 12.7. The third-order valence-corrected chi connectivity index (χ3v) is 3.33. The first-order chi connectivity index (χ1) is 7.38. The van der Waals surface area contributed by atoms with Crippen LogP contribution in [0.2, 0.25) is 0 Å². The molecule has 0 radical (unpaired) electrons. The van der Waals surface area contributed by atoms with Crippen LogP contribution < -0.4 is 5.32 Å². The molecule has 1 rings (SSSR count). The molecule has 0 spiro atoms. The van der Waals surface area contributed by atoms with E-state index in [1.54, 1.807) is 0 Å². The number of hydrogen-bond donors (Lipinski definition) is 2. The predicted octanol–water partition coefficient (Wildman–Crippen LogP) is 1.41. The first-order valence-electron chi connectivity index (χ1n) is 6.27. The molecule has 90 valence electrons. The molecule has 0 aromatic carbocycles.